The minimum Gasteiger partial charge on any atom is -0.440 e. The van der Waals surface area contributed by atoms with Crippen LogP contribution in [0.5, 0.6) is 0 Å². The second kappa shape index (κ2) is 7.32. The fraction of sp³-hybridized carbons (Fsp3) is 0.235. The number of cyclic esters (lactones) is 1. The Bertz CT molecular complexity index is 816. The van der Waals surface area contributed by atoms with Crippen LogP contribution in [0.2, 0.25) is 0 Å². The lowest BCUT2D eigenvalue weighted by Gasteiger charge is -2.19. The summed E-state index contributed by atoms with van der Waals surface area (Å²) < 4.78 is 46.0. The lowest BCUT2D eigenvalue weighted by atomic mass is 10.1. The van der Waals surface area contributed by atoms with E-state index in [-0.39, 0.29) is 5.03 Å². The maximum Gasteiger partial charge on any atom is 0.405 e. The molecule has 0 bridgehead atoms. The van der Waals surface area contributed by atoms with Crippen LogP contribution in [0.1, 0.15) is 6.92 Å². The van der Waals surface area contributed by atoms with E-state index in [1.807, 2.05) is 0 Å². The first kappa shape index (κ1) is 18.8. The number of thioether (sulfide) groups is 2. The fourth-order valence-corrected chi connectivity index (χ4v) is 4.23. The molecular formula is C17H13F3N2O2S2. The summed E-state index contributed by atoms with van der Waals surface area (Å²) in [4.78, 5) is 19.0. The number of carbonyl (C=O) groups excluding carboxylic acids is 1. The zero-order valence-corrected chi connectivity index (χ0v) is 15.1. The second-order valence-corrected chi connectivity index (χ2v) is 8.04. The Morgan fingerprint density at radius 3 is 2.23 bits per heavy atom. The van der Waals surface area contributed by atoms with Crippen molar-refractivity contribution in [2.45, 2.75) is 33.3 Å². The molecule has 26 heavy (non-hydrogen) atoms. The largest absolute Gasteiger partial charge is 0.440 e. The monoisotopic (exact) mass is 398 g/mol. The normalized spacial score (nSPS) is 21.2. The van der Waals surface area contributed by atoms with E-state index < -0.39 is 27.9 Å². The van der Waals surface area contributed by atoms with Crippen molar-refractivity contribution in [2.24, 2.45) is 0 Å². The van der Waals surface area contributed by atoms with E-state index in [0.29, 0.717) is 16.8 Å². The molecule has 0 saturated heterocycles. The third-order valence-corrected chi connectivity index (χ3v) is 5.65. The summed E-state index contributed by atoms with van der Waals surface area (Å²) >= 11 is 1.55. The topological polar surface area (TPSA) is 52.1 Å². The van der Waals surface area contributed by atoms with Crippen molar-refractivity contribution in [3.05, 3.63) is 60.4 Å². The van der Waals surface area contributed by atoms with Crippen LogP contribution in [0.15, 0.2) is 70.5 Å². The minimum absolute atomic E-state index is 0.175. The van der Waals surface area contributed by atoms with E-state index >= 15 is 0 Å². The van der Waals surface area contributed by atoms with Crippen LogP contribution in [0, 0.1) is 0 Å². The van der Waals surface area contributed by atoms with Gasteiger partial charge in [0.15, 0.2) is 4.93 Å². The molecular weight excluding hydrogens is 385 g/mol. The molecule has 0 aliphatic carbocycles. The van der Waals surface area contributed by atoms with Crippen molar-refractivity contribution < 1.29 is 22.7 Å². The highest BCUT2D eigenvalue weighted by Crippen LogP contribution is 2.46. The van der Waals surface area contributed by atoms with Gasteiger partial charge in [-0.1, -0.05) is 35.7 Å². The van der Waals surface area contributed by atoms with Gasteiger partial charge in [-0.15, -0.1) is 0 Å². The molecule has 0 aromatic carbocycles. The molecule has 0 spiro atoms. The number of rotatable bonds is 5. The van der Waals surface area contributed by atoms with Gasteiger partial charge in [0.2, 0.25) is 0 Å². The zero-order valence-electron chi connectivity index (χ0n) is 13.4. The van der Waals surface area contributed by atoms with Crippen molar-refractivity contribution in [1.82, 2.24) is 9.97 Å². The van der Waals surface area contributed by atoms with Gasteiger partial charge in [0.1, 0.15) is 10.3 Å². The van der Waals surface area contributed by atoms with Gasteiger partial charge in [0.25, 0.3) is 0 Å². The smallest absolute Gasteiger partial charge is 0.405 e. The number of aromatic nitrogens is 2. The molecule has 1 aliphatic rings. The van der Waals surface area contributed by atoms with Gasteiger partial charge in [0, 0.05) is 12.4 Å². The standard InChI is InChI=1S/C17H13F3N2O2S2/c1-16(26-13-7-3-5-9-22-13)10-11(15(23)24-16)14(17(18,19)20)25-12-6-2-4-8-21-12/h2-10,14H,1H3. The molecule has 1 aliphatic heterocycles. The van der Waals surface area contributed by atoms with Crippen LogP contribution < -0.4 is 0 Å². The lowest BCUT2D eigenvalue weighted by molar-refractivity contribution is -0.145. The molecule has 2 aromatic heterocycles. The van der Waals surface area contributed by atoms with Crippen LogP contribution >= 0.6 is 23.5 Å². The van der Waals surface area contributed by atoms with Crippen molar-refractivity contribution in [1.29, 1.82) is 0 Å². The van der Waals surface area contributed by atoms with E-state index in [4.69, 9.17) is 4.74 Å². The highest BCUT2D eigenvalue weighted by atomic mass is 32.2. The van der Waals surface area contributed by atoms with E-state index in [1.165, 1.54) is 25.3 Å². The Kier molecular flexibility index (Phi) is 5.29. The molecule has 2 aromatic rings. The number of esters is 1. The van der Waals surface area contributed by atoms with Crippen LogP contribution in [-0.4, -0.2) is 32.3 Å². The number of hydrogen-bond donors (Lipinski definition) is 0. The third-order valence-electron chi connectivity index (χ3n) is 3.35. The van der Waals surface area contributed by atoms with Crippen molar-refractivity contribution in [3.8, 4) is 0 Å². The number of carbonyl (C=O) groups is 1. The van der Waals surface area contributed by atoms with Crippen molar-refractivity contribution in [3.63, 3.8) is 0 Å². The summed E-state index contributed by atoms with van der Waals surface area (Å²) in [6, 6.07) is 9.82. The van der Waals surface area contributed by atoms with E-state index in [2.05, 4.69) is 9.97 Å². The van der Waals surface area contributed by atoms with Gasteiger partial charge in [-0.2, -0.15) is 13.2 Å². The van der Waals surface area contributed by atoms with E-state index in [1.54, 1.807) is 36.5 Å². The summed E-state index contributed by atoms with van der Waals surface area (Å²) in [5, 5.41) is -1.34. The molecule has 3 heterocycles. The summed E-state index contributed by atoms with van der Waals surface area (Å²) in [6.07, 6.45) is -0.447. The SMILES string of the molecule is CC1(Sc2ccccn2)C=C(C(Sc2ccccn2)C(F)(F)F)C(=O)O1. The first-order valence-electron chi connectivity index (χ1n) is 7.47. The maximum atomic E-state index is 13.6. The van der Waals surface area contributed by atoms with Gasteiger partial charge < -0.3 is 4.74 Å². The molecule has 3 rings (SSSR count). The first-order valence-corrected chi connectivity index (χ1v) is 9.17. The summed E-state index contributed by atoms with van der Waals surface area (Å²) in [6.45, 7) is 1.54. The Balaban J connectivity index is 1.89. The number of hydrogen-bond acceptors (Lipinski definition) is 6. The van der Waals surface area contributed by atoms with Gasteiger partial charge in [-0.3, -0.25) is 0 Å². The number of nitrogens with zero attached hydrogens (tertiary/aromatic N) is 2. The number of halogens is 3. The van der Waals surface area contributed by atoms with Gasteiger partial charge in [-0.25, -0.2) is 14.8 Å². The molecule has 2 atom stereocenters. The van der Waals surface area contributed by atoms with Crippen LogP contribution in [-0.2, 0) is 9.53 Å². The Morgan fingerprint density at radius 1 is 1.08 bits per heavy atom. The van der Waals surface area contributed by atoms with Gasteiger partial charge >= 0.3 is 12.1 Å². The van der Waals surface area contributed by atoms with Crippen LogP contribution in [0.25, 0.3) is 0 Å². The Labute approximate surface area is 156 Å². The molecule has 9 heteroatoms. The Morgan fingerprint density at radius 2 is 1.69 bits per heavy atom. The van der Waals surface area contributed by atoms with Gasteiger partial charge in [0.05, 0.1) is 10.6 Å². The molecule has 0 amide bonds. The predicted molar refractivity (Wildman–Crippen MR) is 92.6 cm³/mol. The molecule has 136 valence electrons. The zero-order chi connectivity index (χ0) is 18.8. The molecule has 0 saturated carbocycles. The van der Waals surface area contributed by atoms with Crippen LogP contribution in [0.4, 0.5) is 13.2 Å². The number of pyridine rings is 2. The van der Waals surface area contributed by atoms with E-state index in [0.717, 1.165) is 11.8 Å². The molecule has 0 N–H and O–H groups in total. The highest BCUT2D eigenvalue weighted by Gasteiger charge is 2.50. The van der Waals surface area contributed by atoms with Crippen molar-refractivity contribution in [2.75, 3.05) is 0 Å². The van der Waals surface area contributed by atoms with E-state index in [9.17, 15) is 18.0 Å². The minimum atomic E-state index is -4.63. The maximum absolute atomic E-state index is 13.6. The highest BCUT2D eigenvalue weighted by molar-refractivity contribution is 8.00. The molecule has 0 radical (unpaired) electrons. The second-order valence-electron chi connectivity index (χ2n) is 5.48. The van der Waals surface area contributed by atoms with Crippen LogP contribution in [0.3, 0.4) is 0 Å². The van der Waals surface area contributed by atoms with Crippen molar-refractivity contribution >= 4 is 29.5 Å². The quantitative estimate of drug-likeness (QED) is 0.546. The molecule has 4 nitrogen and oxygen atoms in total. The fourth-order valence-electron chi connectivity index (χ4n) is 2.31. The van der Waals surface area contributed by atoms with Gasteiger partial charge in [-0.05, 0) is 37.3 Å². The molecule has 2 unspecified atom stereocenters. The average Bonchev–Trinajstić information content (AvgIpc) is 2.87. The number of alkyl halides is 3. The summed E-state index contributed by atoms with van der Waals surface area (Å²) in [5.41, 5.74) is -0.431. The average molecular weight is 398 g/mol. The lowest BCUT2D eigenvalue weighted by Crippen LogP contribution is -2.30. The Hall–Kier alpha value is -2.00. The number of ether oxygens (including phenoxy) is 1. The summed E-state index contributed by atoms with van der Waals surface area (Å²) in [7, 11) is 0. The third kappa shape index (κ3) is 4.39. The molecule has 0 fully saturated rings. The summed E-state index contributed by atoms with van der Waals surface area (Å²) in [5.74, 6) is -0.985. The predicted octanol–water partition coefficient (Wildman–Crippen LogP) is 4.49. The first-order chi connectivity index (χ1) is 12.3.